The number of nitrogens with one attached hydrogen (secondary N) is 1. The highest BCUT2D eigenvalue weighted by Crippen LogP contribution is 2.07. The minimum atomic E-state index is -1.24. The average molecular weight is 222 g/mol. The van der Waals surface area contributed by atoms with Crippen LogP contribution >= 0.6 is 0 Å². The summed E-state index contributed by atoms with van der Waals surface area (Å²) in [7, 11) is 0. The predicted octanol–water partition coefficient (Wildman–Crippen LogP) is -0.188. The molecule has 0 aliphatic rings. The molecular weight excluding hydrogens is 208 g/mol. The van der Waals surface area contributed by atoms with E-state index in [0.717, 1.165) is 0 Å². The second-order valence-electron chi connectivity index (χ2n) is 3.84. The molecule has 1 heterocycles. The molecule has 0 amide bonds. The first kappa shape index (κ1) is 12.4. The molecule has 0 aliphatic heterocycles. The van der Waals surface area contributed by atoms with Crippen LogP contribution < -0.4 is 5.32 Å². The van der Waals surface area contributed by atoms with E-state index in [1.54, 1.807) is 13.0 Å². The number of anilines is 1. The molecule has 86 valence electrons. The van der Waals surface area contributed by atoms with E-state index >= 15 is 0 Å². The van der Waals surface area contributed by atoms with Gasteiger partial charge < -0.3 is 15.5 Å². The van der Waals surface area contributed by atoms with Crippen molar-refractivity contribution in [1.82, 2.24) is 9.97 Å². The molecule has 1 rings (SSSR count). The van der Waals surface area contributed by atoms with Crippen molar-refractivity contribution in [3.8, 4) is 6.07 Å². The molecule has 0 bridgehead atoms. The van der Waals surface area contributed by atoms with Crippen LogP contribution in [0.1, 0.15) is 18.3 Å². The summed E-state index contributed by atoms with van der Waals surface area (Å²) in [6.45, 7) is 2.98. The average Bonchev–Trinajstić information content (AvgIpc) is 2.26. The van der Waals surface area contributed by atoms with Gasteiger partial charge in [0.05, 0.1) is 6.61 Å². The number of nitrogens with zero attached hydrogens (tertiary/aromatic N) is 3. The molecular formula is C10H14N4O2. The molecule has 0 saturated heterocycles. The van der Waals surface area contributed by atoms with E-state index in [-0.39, 0.29) is 24.8 Å². The van der Waals surface area contributed by atoms with E-state index in [1.165, 1.54) is 6.92 Å². The summed E-state index contributed by atoms with van der Waals surface area (Å²) < 4.78 is 0. The van der Waals surface area contributed by atoms with Crippen molar-refractivity contribution in [2.75, 3.05) is 18.5 Å². The first-order chi connectivity index (χ1) is 7.46. The Morgan fingerprint density at radius 3 is 2.81 bits per heavy atom. The Morgan fingerprint density at radius 2 is 2.25 bits per heavy atom. The lowest BCUT2D eigenvalue weighted by Crippen LogP contribution is -2.37. The van der Waals surface area contributed by atoms with Gasteiger partial charge in [0.2, 0.25) is 5.95 Å². The third-order valence-corrected chi connectivity index (χ3v) is 1.94. The Morgan fingerprint density at radius 1 is 1.56 bits per heavy atom. The Labute approximate surface area is 93.6 Å². The second-order valence-corrected chi connectivity index (χ2v) is 3.84. The van der Waals surface area contributed by atoms with E-state index in [0.29, 0.717) is 5.69 Å². The molecule has 0 aromatic carbocycles. The molecule has 1 aromatic heterocycles. The highest BCUT2D eigenvalue weighted by atomic mass is 16.3. The molecule has 3 N–H and O–H groups in total. The van der Waals surface area contributed by atoms with Crippen molar-refractivity contribution in [3.05, 3.63) is 17.5 Å². The molecule has 6 nitrogen and oxygen atoms in total. The minimum absolute atomic E-state index is 0.109. The topological polar surface area (TPSA) is 102 Å². The van der Waals surface area contributed by atoms with Crippen molar-refractivity contribution < 1.29 is 10.2 Å². The van der Waals surface area contributed by atoms with Crippen molar-refractivity contribution >= 4 is 5.95 Å². The number of nitriles is 1. The van der Waals surface area contributed by atoms with Gasteiger partial charge in [0.25, 0.3) is 0 Å². The van der Waals surface area contributed by atoms with Gasteiger partial charge in [0.15, 0.2) is 0 Å². The van der Waals surface area contributed by atoms with Gasteiger partial charge in [0.1, 0.15) is 17.4 Å². The normalized spacial score (nSPS) is 13.9. The van der Waals surface area contributed by atoms with Gasteiger partial charge in [-0.15, -0.1) is 0 Å². The van der Waals surface area contributed by atoms with Crippen LogP contribution in [0, 0.1) is 18.3 Å². The molecule has 0 spiro atoms. The van der Waals surface area contributed by atoms with Crippen LogP contribution in [0.5, 0.6) is 0 Å². The van der Waals surface area contributed by atoms with E-state index in [9.17, 15) is 5.11 Å². The second kappa shape index (κ2) is 4.88. The fourth-order valence-electron chi connectivity index (χ4n) is 1.03. The van der Waals surface area contributed by atoms with Gasteiger partial charge in [-0.25, -0.2) is 9.97 Å². The molecule has 1 aromatic rings. The number of aliphatic hydroxyl groups excluding tert-OH is 1. The highest BCUT2D eigenvalue weighted by molar-refractivity contribution is 5.33. The Hall–Kier alpha value is -1.71. The largest absolute Gasteiger partial charge is 0.393 e. The summed E-state index contributed by atoms with van der Waals surface area (Å²) in [5.41, 5.74) is -0.309. The van der Waals surface area contributed by atoms with Crippen molar-refractivity contribution in [1.29, 1.82) is 5.26 Å². The van der Waals surface area contributed by atoms with Gasteiger partial charge in [0, 0.05) is 12.2 Å². The number of aryl methyl sites for hydroxylation is 1. The lowest BCUT2D eigenvalue weighted by molar-refractivity contribution is 0.0131. The van der Waals surface area contributed by atoms with Crippen molar-refractivity contribution in [2.45, 2.75) is 19.4 Å². The monoisotopic (exact) mass is 222 g/mol. The van der Waals surface area contributed by atoms with Gasteiger partial charge >= 0.3 is 0 Å². The van der Waals surface area contributed by atoms with Gasteiger partial charge in [-0.1, -0.05) is 0 Å². The lowest BCUT2D eigenvalue weighted by atomic mass is 10.1. The number of rotatable bonds is 4. The number of hydrogen-bond donors (Lipinski definition) is 3. The van der Waals surface area contributed by atoms with Crippen LogP contribution in [0.25, 0.3) is 0 Å². The van der Waals surface area contributed by atoms with Crippen molar-refractivity contribution in [3.63, 3.8) is 0 Å². The molecule has 1 unspecified atom stereocenters. The lowest BCUT2D eigenvalue weighted by Gasteiger charge is -2.20. The maximum absolute atomic E-state index is 9.55. The van der Waals surface area contributed by atoms with E-state index in [2.05, 4.69) is 15.3 Å². The zero-order valence-corrected chi connectivity index (χ0v) is 9.23. The maximum atomic E-state index is 9.55. The molecule has 1 atom stereocenters. The highest BCUT2D eigenvalue weighted by Gasteiger charge is 2.18. The van der Waals surface area contributed by atoms with Crippen LogP contribution in [-0.4, -0.2) is 38.9 Å². The summed E-state index contributed by atoms with van der Waals surface area (Å²) in [6, 6.07) is 3.48. The molecule has 16 heavy (non-hydrogen) atoms. The van der Waals surface area contributed by atoms with E-state index < -0.39 is 5.60 Å². The summed E-state index contributed by atoms with van der Waals surface area (Å²) in [6.07, 6.45) is 0. The minimum Gasteiger partial charge on any atom is -0.393 e. The third-order valence-electron chi connectivity index (χ3n) is 1.94. The van der Waals surface area contributed by atoms with E-state index in [4.69, 9.17) is 10.4 Å². The molecule has 0 saturated carbocycles. The predicted molar refractivity (Wildman–Crippen MR) is 57.7 cm³/mol. The molecule has 0 fully saturated rings. The smallest absolute Gasteiger partial charge is 0.224 e. The van der Waals surface area contributed by atoms with Gasteiger partial charge in [-0.2, -0.15) is 5.26 Å². The molecule has 6 heteroatoms. The quantitative estimate of drug-likeness (QED) is 0.652. The first-order valence-electron chi connectivity index (χ1n) is 4.80. The van der Waals surface area contributed by atoms with Crippen molar-refractivity contribution in [2.24, 2.45) is 0 Å². The van der Waals surface area contributed by atoms with Crippen LogP contribution in [0.3, 0.4) is 0 Å². The van der Waals surface area contributed by atoms with Crippen LogP contribution in [0.15, 0.2) is 6.07 Å². The van der Waals surface area contributed by atoms with Gasteiger partial charge in [-0.3, -0.25) is 0 Å². The number of aliphatic hydroxyl groups is 2. The van der Waals surface area contributed by atoms with E-state index in [1.807, 2.05) is 6.07 Å². The fraction of sp³-hybridized carbons (Fsp3) is 0.500. The standard InChI is InChI=1S/C10H14N4O2/c1-7-3-8(4-11)14-9(13-7)12-5-10(2,16)6-15/h3,15-16H,5-6H2,1-2H3,(H,12,13,14). The first-order valence-corrected chi connectivity index (χ1v) is 4.80. The Balaban J connectivity index is 2.75. The number of hydrogen-bond acceptors (Lipinski definition) is 6. The van der Waals surface area contributed by atoms with Gasteiger partial charge in [-0.05, 0) is 19.9 Å². The summed E-state index contributed by atoms with van der Waals surface area (Å²) >= 11 is 0. The SMILES string of the molecule is Cc1cc(C#N)nc(NCC(C)(O)CO)n1. The zero-order valence-electron chi connectivity index (χ0n) is 9.23. The summed E-state index contributed by atoms with van der Waals surface area (Å²) in [4.78, 5) is 7.97. The fourth-order valence-corrected chi connectivity index (χ4v) is 1.03. The van der Waals surface area contributed by atoms with Crippen LogP contribution in [0.4, 0.5) is 5.95 Å². The number of aromatic nitrogens is 2. The Bertz CT molecular complexity index is 412. The third kappa shape index (κ3) is 3.46. The maximum Gasteiger partial charge on any atom is 0.224 e. The molecule has 0 radical (unpaired) electrons. The summed E-state index contributed by atoms with van der Waals surface area (Å²) in [5.74, 6) is 0.269. The Kier molecular flexibility index (Phi) is 3.77. The summed E-state index contributed by atoms with van der Waals surface area (Å²) in [5, 5.41) is 29.9. The molecule has 0 aliphatic carbocycles. The van der Waals surface area contributed by atoms with Crippen LogP contribution in [-0.2, 0) is 0 Å². The van der Waals surface area contributed by atoms with Crippen LogP contribution in [0.2, 0.25) is 0 Å². The zero-order chi connectivity index (χ0) is 12.2.